The molecule has 0 radical (unpaired) electrons. The molecule has 0 rings (SSSR count). The van der Waals surface area contributed by atoms with Gasteiger partial charge in [-0.05, 0) is 0 Å². The van der Waals surface area contributed by atoms with Crippen LogP contribution in [0, 0.1) is 5.92 Å². The van der Waals surface area contributed by atoms with E-state index in [0.717, 1.165) is 0 Å². The fourth-order valence-corrected chi connectivity index (χ4v) is 1.11. The second-order valence-electron chi connectivity index (χ2n) is 2.46. The van der Waals surface area contributed by atoms with E-state index < -0.39 is 28.5 Å². The molecule has 0 aliphatic rings. The average Bonchev–Trinajstić information content (AvgIpc) is 1.75. The van der Waals surface area contributed by atoms with Crippen molar-refractivity contribution in [3.05, 3.63) is 0 Å². The first-order valence-corrected chi connectivity index (χ1v) is 4.17. The van der Waals surface area contributed by atoms with Crippen molar-refractivity contribution in [2.24, 2.45) is 5.92 Å². The standard InChI is InChI=1S/C5H3Cl3F6/c6-3(7,8)1-2(4(9,10)11)5(12,13)14/h2H,1H2. The maximum absolute atomic E-state index is 11.9. The van der Waals surface area contributed by atoms with Crippen LogP contribution < -0.4 is 0 Å². The normalized spacial score (nSPS) is 15.0. The number of halogens is 9. The fraction of sp³-hybridized carbons (Fsp3) is 1.00. The Balaban J connectivity index is 4.78. The topological polar surface area (TPSA) is 0 Å². The average molecular weight is 283 g/mol. The van der Waals surface area contributed by atoms with Gasteiger partial charge in [0, 0.05) is 6.42 Å². The molecule has 0 saturated carbocycles. The molecular weight excluding hydrogens is 280 g/mol. The molecule has 0 saturated heterocycles. The van der Waals surface area contributed by atoms with Crippen LogP contribution in [0.1, 0.15) is 6.42 Å². The summed E-state index contributed by atoms with van der Waals surface area (Å²) in [7, 11) is 0. The van der Waals surface area contributed by atoms with Gasteiger partial charge in [-0.25, -0.2) is 0 Å². The van der Waals surface area contributed by atoms with Crippen molar-refractivity contribution < 1.29 is 26.3 Å². The van der Waals surface area contributed by atoms with Gasteiger partial charge in [0.1, 0.15) is 0 Å². The van der Waals surface area contributed by atoms with Crippen LogP contribution in [0.15, 0.2) is 0 Å². The highest BCUT2D eigenvalue weighted by atomic mass is 35.6. The van der Waals surface area contributed by atoms with E-state index in [1.807, 2.05) is 0 Å². The molecule has 0 aromatic rings. The molecule has 0 atom stereocenters. The van der Waals surface area contributed by atoms with Gasteiger partial charge in [-0.2, -0.15) is 26.3 Å². The summed E-state index contributed by atoms with van der Waals surface area (Å²) in [6.07, 6.45) is -12.6. The van der Waals surface area contributed by atoms with Crippen molar-refractivity contribution in [1.29, 1.82) is 0 Å². The van der Waals surface area contributed by atoms with E-state index in [4.69, 9.17) is 34.8 Å². The number of hydrogen-bond acceptors (Lipinski definition) is 0. The first-order chi connectivity index (χ1) is 5.84. The minimum absolute atomic E-state index is 1.65. The van der Waals surface area contributed by atoms with E-state index in [1.165, 1.54) is 0 Å². The van der Waals surface area contributed by atoms with Crippen LogP contribution in [-0.4, -0.2) is 16.1 Å². The van der Waals surface area contributed by atoms with Crippen LogP contribution in [0.3, 0.4) is 0 Å². The largest absolute Gasteiger partial charge is 0.400 e. The van der Waals surface area contributed by atoms with Crippen LogP contribution in [0.5, 0.6) is 0 Å². The Bertz CT molecular complexity index is 175. The smallest absolute Gasteiger partial charge is 0.170 e. The van der Waals surface area contributed by atoms with Gasteiger partial charge in [0.05, 0.1) is 0 Å². The summed E-state index contributed by atoms with van der Waals surface area (Å²) < 4.78 is 68.5. The predicted molar refractivity (Wildman–Crippen MR) is 40.5 cm³/mol. The molecule has 86 valence electrons. The first-order valence-electron chi connectivity index (χ1n) is 3.04. The predicted octanol–water partition coefficient (Wildman–Crippen LogP) is 4.49. The van der Waals surface area contributed by atoms with Crippen LogP contribution in [0.2, 0.25) is 0 Å². The van der Waals surface area contributed by atoms with Crippen LogP contribution >= 0.6 is 34.8 Å². The summed E-state index contributed by atoms with van der Waals surface area (Å²) in [5.41, 5.74) is 0. The van der Waals surface area contributed by atoms with E-state index in [0.29, 0.717) is 0 Å². The monoisotopic (exact) mass is 282 g/mol. The van der Waals surface area contributed by atoms with Gasteiger partial charge in [-0.15, -0.1) is 0 Å². The van der Waals surface area contributed by atoms with Crippen molar-refractivity contribution in [3.8, 4) is 0 Å². The summed E-state index contributed by atoms with van der Waals surface area (Å²) in [6, 6.07) is 0. The summed E-state index contributed by atoms with van der Waals surface area (Å²) in [5, 5.41) is 0. The Kier molecular flexibility index (Phi) is 4.27. The van der Waals surface area contributed by atoms with Crippen LogP contribution in [0.25, 0.3) is 0 Å². The molecule has 0 aromatic carbocycles. The summed E-state index contributed by atoms with van der Waals surface area (Å²) in [5.74, 6) is -3.62. The van der Waals surface area contributed by atoms with Crippen molar-refractivity contribution in [2.75, 3.05) is 0 Å². The number of alkyl halides is 9. The molecule has 0 nitrogen and oxygen atoms in total. The summed E-state index contributed by atoms with van der Waals surface area (Å²) in [4.78, 5) is 0. The van der Waals surface area contributed by atoms with Crippen molar-refractivity contribution in [1.82, 2.24) is 0 Å². The second kappa shape index (κ2) is 4.14. The first kappa shape index (κ1) is 14.5. The molecule has 9 heteroatoms. The van der Waals surface area contributed by atoms with Gasteiger partial charge in [0.15, 0.2) is 9.71 Å². The quantitative estimate of drug-likeness (QED) is 0.491. The fourth-order valence-electron chi connectivity index (χ4n) is 0.648. The zero-order valence-electron chi connectivity index (χ0n) is 6.19. The lowest BCUT2D eigenvalue weighted by atomic mass is 10.1. The van der Waals surface area contributed by atoms with E-state index in [-0.39, 0.29) is 0 Å². The van der Waals surface area contributed by atoms with Gasteiger partial charge < -0.3 is 0 Å². The lowest BCUT2D eigenvalue weighted by molar-refractivity contribution is -0.285. The van der Waals surface area contributed by atoms with Crippen LogP contribution in [-0.2, 0) is 0 Å². The molecule has 0 spiro atoms. The van der Waals surface area contributed by atoms with Gasteiger partial charge in [0.25, 0.3) is 0 Å². The Labute approximate surface area is 90.1 Å². The van der Waals surface area contributed by atoms with Crippen molar-refractivity contribution in [2.45, 2.75) is 22.6 Å². The van der Waals surface area contributed by atoms with E-state index >= 15 is 0 Å². The van der Waals surface area contributed by atoms with E-state index in [1.54, 1.807) is 0 Å². The third-order valence-corrected chi connectivity index (χ3v) is 1.69. The Morgan fingerprint density at radius 3 is 1.14 bits per heavy atom. The van der Waals surface area contributed by atoms with Crippen molar-refractivity contribution >= 4 is 34.8 Å². The van der Waals surface area contributed by atoms with Crippen LogP contribution in [0.4, 0.5) is 26.3 Å². The maximum Gasteiger partial charge on any atom is 0.400 e. The minimum Gasteiger partial charge on any atom is -0.170 e. The SMILES string of the molecule is FC(F)(F)C(CC(Cl)(Cl)Cl)C(F)(F)F. The van der Waals surface area contributed by atoms with E-state index in [2.05, 4.69) is 0 Å². The summed E-state index contributed by atoms with van der Waals surface area (Å²) >= 11 is 14.6. The molecule has 0 heterocycles. The molecule has 0 amide bonds. The molecule has 0 unspecified atom stereocenters. The molecule has 0 aliphatic carbocycles. The zero-order chi connectivity index (χ0) is 11.8. The van der Waals surface area contributed by atoms with Gasteiger partial charge in [0.2, 0.25) is 0 Å². The number of hydrogen-bond donors (Lipinski definition) is 0. The molecule has 0 N–H and O–H groups in total. The number of rotatable bonds is 1. The van der Waals surface area contributed by atoms with Gasteiger partial charge >= 0.3 is 12.4 Å². The minimum atomic E-state index is -5.47. The Morgan fingerprint density at radius 1 is 0.786 bits per heavy atom. The lowest BCUT2D eigenvalue weighted by Crippen LogP contribution is -2.38. The van der Waals surface area contributed by atoms with Gasteiger partial charge in [-0.1, -0.05) is 34.8 Å². The Morgan fingerprint density at radius 2 is 1.07 bits per heavy atom. The molecule has 14 heavy (non-hydrogen) atoms. The molecule has 0 aliphatic heterocycles. The molecular formula is C5H3Cl3F6. The highest BCUT2D eigenvalue weighted by molar-refractivity contribution is 6.67. The second-order valence-corrected chi connectivity index (χ2v) is 4.97. The van der Waals surface area contributed by atoms with Crippen molar-refractivity contribution in [3.63, 3.8) is 0 Å². The third kappa shape index (κ3) is 5.36. The van der Waals surface area contributed by atoms with Gasteiger partial charge in [-0.3, -0.25) is 0 Å². The zero-order valence-corrected chi connectivity index (χ0v) is 8.45. The third-order valence-electron chi connectivity index (χ3n) is 1.23. The highest BCUT2D eigenvalue weighted by Gasteiger charge is 2.58. The summed E-state index contributed by atoms with van der Waals surface area (Å²) in [6.45, 7) is 0. The Hall–Kier alpha value is 0.450. The maximum atomic E-state index is 11.9. The molecule has 0 fully saturated rings. The van der Waals surface area contributed by atoms with E-state index in [9.17, 15) is 26.3 Å². The lowest BCUT2D eigenvalue weighted by Gasteiger charge is -2.25. The highest BCUT2D eigenvalue weighted by Crippen LogP contribution is 2.47. The molecule has 0 bridgehead atoms. The molecule has 0 aromatic heterocycles.